The van der Waals surface area contributed by atoms with Gasteiger partial charge in [0.15, 0.2) is 5.96 Å². The molecule has 2 aliphatic heterocycles. The maximum atomic E-state index is 13.9. The number of hydrogen-bond acceptors (Lipinski definition) is 11. The van der Waals surface area contributed by atoms with E-state index in [2.05, 4.69) is 26.3 Å². The maximum Gasteiger partial charge on any atom is 0.326 e. The Morgan fingerprint density at radius 2 is 1.24 bits per heavy atom. The number of aliphatic hydroxyl groups excluding tert-OH is 2. The summed E-state index contributed by atoms with van der Waals surface area (Å²) in [6, 6.07) is -8.55. The molecule has 0 aromatic rings. The molecule has 312 valence electrons. The number of carbonyl (C=O) groups excluding carboxylic acids is 6. The Labute approximate surface area is 321 Å². The van der Waals surface area contributed by atoms with Crippen molar-refractivity contribution in [2.45, 2.75) is 141 Å². The summed E-state index contributed by atoms with van der Waals surface area (Å²) in [5, 5.41) is 41.0. The van der Waals surface area contributed by atoms with Crippen LogP contribution in [0.5, 0.6) is 0 Å². The second-order valence-corrected chi connectivity index (χ2v) is 14.8. The lowest BCUT2D eigenvalue weighted by Crippen LogP contribution is -2.62. The summed E-state index contributed by atoms with van der Waals surface area (Å²) in [5.74, 6) is -6.42. The number of hydrogen-bond donors (Lipinski definition) is 10. The molecule has 0 aromatic heterocycles. The fourth-order valence-corrected chi connectivity index (χ4v) is 6.56. The van der Waals surface area contributed by atoms with E-state index in [4.69, 9.17) is 17.2 Å². The summed E-state index contributed by atoms with van der Waals surface area (Å²) in [6.45, 7) is 9.93. The van der Waals surface area contributed by atoms with Crippen LogP contribution in [0.3, 0.4) is 0 Å². The lowest BCUT2D eigenvalue weighted by molar-refractivity contribution is -0.150. The Morgan fingerprint density at radius 1 is 0.745 bits per heavy atom. The zero-order chi connectivity index (χ0) is 41.7. The number of carboxylic acids is 1. The van der Waals surface area contributed by atoms with Crippen LogP contribution in [0.4, 0.5) is 0 Å². The van der Waals surface area contributed by atoms with Gasteiger partial charge in [-0.25, -0.2) is 4.79 Å². The Balaban J connectivity index is 2.28. The molecule has 2 fully saturated rings. The standard InChI is InChI=1S/C35H62N10O10/c1-7-18(4)24(36)30(50)41-25(17(2)3)31(51)43-27(20(6)47)32(52)44-15-9-12-22(44)29(49)40-21(11-8-14-39-35(37)38)28(48)42-26(19(5)46)33(53)45-16-10-13-23(45)34(54)55/h17-27,46-47H,7-16,36H2,1-6H3,(H,40,49)(H,41,50)(H,42,48)(H,43,51)(H,54,55)(H4,37,38,39). The van der Waals surface area contributed by atoms with Gasteiger partial charge in [0.05, 0.1) is 18.2 Å². The number of carboxylic acid groups (broad SMARTS) is 1. The van der Waals surface area contributed by atoms with Gasteiger partial charge in [0, 0.05) is 19.6 Å². The first-order chi connectivity index (χ1) is 25.7. The summed E-state index contributed by atoms with van der Waals surface area (Å²) < 4.78 is 0. The zero-order valence-corrected chi connectivity index (χ0v) is 32.7. The van der Waals surface area contributed by atoms with Gasteiger partial charge in [0.25, 0.3) is 0 Å². The molecule has 2 heterocycles. The molecule has 0 saturated carbocycles. The number of nitrogens with one attached hydrogen (secondary N) is 4. The predicted molar refractivity (Wildman–Crippen MR) is 200 cm³/mol. The zero-order valence-electron chi connectivity index (χ0n) is 32.7. The van der Waals surface area contributed by atoms with Crippen LogP contribution in [0, 0.1) is 11.8 Å². The van der Waals surface area contributed by atoms with Gasteiger partial charge in [-0.05, 0) is 64.2 Å². The third-order valence-electron chi connectivity index (χ3n) is 10.1. The molecule has 0 radical (unpaired) electrons. The number of amides is 6. The summed E-state index contributed by atoms with van der Waals surface area (Å²) in [5.41, 5.74) is 16.9. The smallest absolute Gasteiger partial charge is 0.326 e. The van der Waals surface area contributed by atoms with E-state index in [1.54, 1.807) is 13.8 Å². The first kappa shape index (κ1) is 46.6. The molecule has 20 heteroatoms. The fraction of sp³-hybridized carbons (Fsp3) is 0.771. The molecule has 2 rings (SSSR count). The van der Waals surface area contributed by atoms with Crippen molar-refractivity contribution in [2.75, 3.05) is 19.6 Å². The van der Waals surface area contributed by atoms with Gasteiger partial charge in [0.2, 0.25) is 35.4 Å². The van der Waals surface area contributed by atoms with Crippen molar-refractivity contribution >= 4 is 47.4 Å². The van der Waals surface area contributed by atoms with Gasteiger partial charge in [0.1, 0.15) is 36.3 Å². The van der Waals surface area contributed by atoms with Crippen molar-refractivity contribution in [1.29, 1.82) is 0 Å². The molecule has 0 aromatic carbocycles. The van der Waals surface area contributed by atoms with Crippen molar-refractivity contribution < 1.29 is 48.9 Å². The van der Waals surface area contributed by atoms with Crippen molar-refractivity contribution in [1.82, 2.24) is 31.1 Å². The highest BCUT2D eigenvalue weighted by Crippen LogP contribution is 2.22. The first-order valence-corrected chi connectivity index (χ1v) is 19.0. The average molecular weight is 783 g/mol. The monoisotopic (exact) mass is 782 g/mol. The number of aliphatic imine (C=N–C) groups is 1. The van der Waals surface area contributed by atoms with E-state index in [-0.39, 0.29) is 57.2 Å². The second-order valence-electron chi connectivity index (χ2n) is 14.8. The SMILES string of the molecule is CCC(C)C(N)C(=O)NC(C(=O)NC(C(=O)N1CCCC1C(=O)NC(CCCN=C(N)N)C(=O)NC(C(=O)N1CCCC1C(=O)O)C(C)O)C(C)O)C(C)C. The summed E-state index contributed by atoms with van der Waals surface area (Å²) >= 11 is 0. The molecule has 0 bridgehead atoms. The number of guanidine groups is 1. The number of rotatable bonds is 20. The van der Waals surface area contributed by atoms with Gasteiger partial charge in [-0.15, -0.1) is 0 Å². The number of aliphatic carboxylic acids is 1. The largest absolute Gasteiger partial charge is 0.480 e. The minimum Gasteiger partial charge on any atom is -0.480 e. The lowest BCUT2D eigenvalue weighted by Gasteiger charge is -2.33. The minimum absolute atomic E-state index is 0.0352. The molecule has 6 amide bonds. The molecule has 20 nitrogen and oxygen atoms in total. The van der Waals surface area contributed by atoms with Crippen LogP contribution in [0.15, 0.2) is 4.99 Å². The normalized spacial score (nSPS) is 21.3. The molecule has 10 atom stereocenters. The van der Waals surface area contributed by atoms with Crippen LogP contribution in [0.2, 0.25) is 0 Å². The van der Waals surface area contributed by atoms with E-state index in [1.165, 1.54) is 18.7 Å². The summed E-state index contributed by atoms with van der Waals surface area (Å²) in [6.07, 6.45) is -0.860. The van der Waals surface area contributed by atoms with Crippen molar-refractivity contribution in [3.8, 4) is 0 Å². The molecule has 0 spiro atoms. The number of nitrogens with zero attached hydrogens (tertiary/aromatic N) is 3. The van der Waals surface area contributed by atoms with Crippen LogP contribution in [0.25, 0.3) is 0 Å². The van der Waals surface area contributed by atoms with Crippen molar-refractivity contribution in [3.63, 3.8) is 0 Å². The molecular weight excluding hydrogens is 720 g/mol. The molecule has 0 aliphatic carbocycles. The maximum absolute atomic E-state index is 13.9. The highest BCUT2D eigenvalue weighted by Gasteiger charge is 2.43. The Bertz CT molecular complexity index is 1410. The van der Waals surface area contributed by atoms with Crippen molar-refractivity contribution in [2.24, 2.45) is 34.0 Å². The quantitative estimate of drug-likeness (QED) is 0.0332. The Kier molecular flexibility index (Phi) is 18.2. The minimum atomic E-state index is -1.53. The highest BCUT2D eigenvalue weighted by molar-refractivity contribution is 5.97. The highest BCUT2D eigenvalue weighted by atomic mass is 16.4. The van der Waals surface area contributed by atoms with Gasteiger partial charge in [-0.3, -0.25) is 33.8 Å². The second kappa shape index (κ2) is 21.5. The molecular formula is C35H62N10O10. The first-order valence-electron chi connectivity index (χ1n) is 19.0. The van der Waals surface area contributed by atoms with Crippen LogP contribution in [-0.2, 0) is 33.6 Å². The summed E-state index contributed by atoms with van der Waals surface area (Å²) in [4.78, 5) is 99.0. The number of nitrogens with two attached hydrogens (primary N) is 3. The van der Waals surface area contributed by atoms with E-state index in [1.807, 2.05) is 13.8 Å². The van der Waals surface area contributed by atoms with Crippen molar-refractivity contribution in [3.05, 3.63) is 0 Å². The third-order valence-corrected chi connectivity index (χ3v) is 10.1. The molecule has 55 heavy (non-hydrogen) atoms. The van der Waals surface area contributed by atoms with E-state index < -0.39 is 102 Å². The topological polar surface area (TPSA) is 325 Å². The van der Waals surface area contributed by atoms with Gasteiger partial charge < -0.3 is 63.6 Å². The number of likely N-dealkylation sites (tertiary alicyclic amines) is 2. The Hall–Kier alpha value is -4.56. The number of carbonyl (C=O) groups is 7. The van der Waals surface area contributed by atoms with E-state index >= 15 is 0 Å². The van der Waals surface area contributed by atoms with Gasteiger partial charge >= 0.3 is 5.97 Å². The third kappa shape index (κ3) is 13.0. The lowest BCUT2D eigenvalue weighted by atomic mass is 9.97. The van der Waals surface area contributed by atoms with Gasteiger partial charge in [-0.2, -0.15) is 0 Å². The van der Waals surface area contributed by atoms with E-state index in [9.17, 15) is 48.9 Å². The van der Waals surface area contributed by atoms with Gasteiger partial charge in [-0.1, -0.05) is 34.1 Å². The van der Waals surface area contributed by atoms with E-state index in [0.29, 0.717) is 19.3 Å². The predicted octanol–water partition coefficient (Wildman–Crippen LogP) is -3.16. The molecule has 10 unspecified atom stereocenters. The fourth-order valence-electron chi connectivity index (χ4n) is 6.56. The molecule has 2 saturated heterocycles. The van der Waals surface area contributed by atoms with Crippen LogP contribution in [0.1, 0.15) is 86.5 Å². The van der Waals surface area contributed by atoms with Crippen LogP contribution < -0.4 is 38.5 Å². The molecule has 2 aliphatic rings. The van der Waals surface area contributed by atoms with E-state index in [0.717, 1.165) is 4.90 Å². The molecule has 13 N–H and O–H groups in total. The summed E-state index contributed by atoms with van der Waals surface area (Å²) in [7, 11) is 0. The van der Waals surface area contributed by atoms with Crippen LogP contribution in [-0.4, -0.2) is 147 Å². The Morgan fingerprint density at radius 3 is 1.71 bits per heavy atom. The average Bonchev–Trinajstić information content (AvgIpc) is 3.82. The number of aliphatic hydroxyl groups is 2. The van der Waals surface area contributed by atoms with Crippen LogP contribution >= 0.6 is 0 Å².